The Kier molecular flexibility index (Phi) is 4.76. The zero-order chi connectivity index (χ0) is 16.6. The molecule has 0 saturated carbocycles. The first-order valence-electron chi connectivity index (χ1n) is 8.42. The van der Waals surface area contributed by atoms with E-state index in [0.29, 0.717) is 30.6 Å². The summed E-state index contributed by atoms with van der Waals surface area (Å²) in [6, 6.07) is 4.50. The van der Waals surface area contributed by atoms with E-state index in [-0.39, 0.29) is 4.90 Å². The van der Waals surface area contributed by atoms with Crippen molar-refractivity contribution in [1.82, 2.24) is 9.21 Å². The number of piperidine rings is 1. The van der Waals surface area contributed by atoms with Gasteiger partial charge in [0.2, 0.25) is 10.0 Å². The van der Waals surface area contributed by atoms with E-state index in [0.717, 1.165) is 38.4 Å². The van der Waals surface area contributed by atoms with Crippen molar-refractivity contribution in [2.24, 2.45) is 5.92 Å². The Labute approximate surface area is 138 Å². The third-order valence-electron chi connectivity index (χ3n) is 5.09. The van der Waals surface area contributed by atoms with Crippen molar-refractivity contribution < 1.29 is 12.8 Å². The van der Waals surface area contributed by atoms with E-state index in [2.05, 4.69) is 11.8 Å². The molecule has 0 aliphatic carbocycles. The average molecular weight is 340 g/mol. The quantitative estimate of drug-likeness (QED) is 0.846. The molecule has 1 aromatic rings. The lowest BCUT2D eigenvalue weighted by atomic mass is 9.95. The van der Waals surface area contributed by atoms with Crippen LogP contribution in [0.25, 0.3) is 0 Å². The van der Waals surface area contributed by atoms with Crippen LogP contribution in [-0.2, 0) is 10.0 Å². The van der Waals surface area contributed by atoms with Gasteiger partial charge in [0, 0.05) is 25.7 Å². The molecule has 128 valence electrons. The van der Waals surface area contributed by atoms with Crippen LogP contribution in [0.4, 0.5) is 4.39 Å². The third kappa shape index (κ3) is 3.30. The number of sulfonamides is 1. The first kappa shape index (κ1) is 16.9. The van der Waals surface area contributed by atoms with Crippen LogP contribution >= 0.6 is 0 Å². The van der Waals surface area contributed by atoms with Crippen molar-refractivity contribution in [2.75, 3.05) is 26.2 Å². The predicted octanol–water partition coefficient (Wildman–Crippen LogP) is 2.63. The van der Waals surface area contributed by atoms with Gasteiger partial charge in [0.1, 0.15) is 5.82 Å². The average Bonchev–Trinajstić information content (AvgIpc) is 2.82. The summed E-state index contributed by atoms with van der Waals surface area (Å²) in [6.07, 6.45) is 3.22. The molecule has 23 heavy (non-hydrogen) atoms. The van der Waals surface area contributed by atoms with Crippen LogP contribution in [0.1, 0.15) is 31.7 Å². The van der Waals surface area contributed by atoms with Gasteiger partial charge in [-0.1, -0.05) is 13.0 Å². The highest BCUT2D eigenvalue weighted by molar-refractivity contribution is 7.89. The Morgan fingerprint density at radius 2 is 2.00 bits per heavy atom. The number of nitrogens with zero attached hydrogens (tertiary/aromatic N) is 2. The normalized spacial score (nSPS) is 26.4. The molecule has 4 rings (SSSR count). The molecular formula is C17H25FN2O2S. The summed E-state index contributed by atoms with van der Waals surface area (Å²) in [5.41, 5.74) is 0.467. The number of hydrogen-bond donors (Lipinski definition) is 0. The molecule has 0 amide bonds. The van der Waals surface area contributed by atoms with E-state index in [4.69, 9.17) is 0 Å². The third-order valence-corrected chi connectivity index (χ3v) is 6.91. The topological polar surface area (TPSA) is 40.6 Å². The van der Waals surface area contributed by atoms with Crippen molar-refractivity contribution in [2.45, 2.75) is 44.0 Å². The molecule has 2 atom stereocenters. The van der Waals surface area contributed by atoms with Crippen molar-refractivity contribution >= 4 is 10.0 Å². The van der Waals surface area contributed by atoms with E-state index >= 15 is 0 Å². The fraction of sp³-hybridized carbons (Fsp3) is 0.647. The molecule has 3 fully saturated rings. The summed E-state index contributed by atoms with van der Waals surface area (Å²) in [7, 11) is -3.62. The zero-order valence-electron chi connectivity index (χ0n) is 13.8. The van der Waals surface area contributed by atoms with Crippen LogP contribution in [0.2, 0.25) is 0 Å². The standard InChI is InChI=1S/C17H25FN2O2S/c1-3-8-19-10-14-5-6-15(19)12-20(11-14)23(21,22)16-7-4-13(2)17(18)9-16/h4,7,9,14-15H,3,5-6,8,10-12H2,1-2H3/t14-,15-/m1/s1. The molecule has 3 saturated heterocycles. The lowest BCUT2D eigenvalue weighted by Gasteiger charge is -2.35. The number of hydrogen-bond acceptors (Lipinski definition) is 3. The Morgan fingerprint density at radius 3 is 2.70 bits per heavy atom. The number of rotatable bonds is 4. The summed E-state index contributed by atoms with van der Waals surface area (Å²) in [5.74, 6) is -0.0816. The number of benzene rings is 1. The number of fused-ring (bicyclic) bond motifs is 4. The van der Waals surface area contributed by atoms with E-state index < -0.39 is 15.8 Å². The van der Waals surface area contributed by atoms with Crippen LogP contribution in [0.15, 0.2) is 23.1 Å². The van der Waals surface area contributed by atoms with Gasteiger partial charge in [0.15, 0.2) is 0 Å². The maximum absolute atomic E-state index is 13.8. The Hall–Kier alpha value is -0.980. The van der Waals surface area contributed by atoms with E-state index in [9.17, 15) is 12.8 Å². The van der Waals surface area contributed by atoms with Crippen LogP contribution in [0.5, 0.6) is 0 Å². The van der Waals surface area contributed by atoms with Gasteiger partial charge in [-0.2, -0.15) is 4.31 Å². The van der Waals surface area contributed by atoms with Crippen LogP contribution in [0.3, 0.4) is 0 Å². The highest BCUT2D eigenvalue weighted by Gasteiger charge is 2.39. The summed E-state index contributed by atoms with van der Waals surface area (Å²) in [5, 5.41) is 0. The van der Waals surface area contributed by atoms with Gasteiger partial charge >= 0.3 is 0 Å². The summed E-state index contributed by atoms with van der Waals surface area (Å²) in [4.78, 5) is 2.50. The lowest BCUT2D eigenvalue weighted by Crippen LogP contribution is -2.44. The second-order valence-electron chi connectivity index (χ2n) is 6.83. The monoisotopic (exact) mass is 340 g/mol. The molecule has 4 nitrogen and oxygen atoms in total. The molecule has 0 spiro atoms. The molecule has 0 aromatic heterocycles. The van der Waals surface area contributed by atoms with E-state index in [1.165, 1.54) is 12.1 Å². The van der Waals surface area contributed by atoms with Crippen LogP contribution in [-0.4, -0.2) is 49.8 Å². The minimum Gasteiger partial charge on any atom is -0.299 e. The lowest BCUT2D eigenvalue weighted by molar-refractivity contribution is 0.133. The molecule has 3 aliphatic rings. The van der Waals surface area contributed by atoms with Gasteiger partial charge in [0.05, 0.1) is 4.90 Å². The maximum atomic E-state index is 13.8. The van der Waals surface area contributed by atoms with Crippen molar-refractivity contribution in [3.05, 3.63) is 29.6 Å². The fourth-order valence-electron chi connectivity index (χ4n) is 3.78. The first-order chi connectivity index (χ1) is 10.9. The smallest absolute Gasteiger partial charge is 0.243 e. The van der Waals surface area contributed by atoms with E-state index in [1.807, 2.05) is 0 Å². The van der Waals surface area contributed by atoms with Crippen molar-refractivity contribution in [3.63, 3.8) is 0 Å². The van der Waals surface area contributed by atoms with Crippen molar-refractivity contribution in [3.8, 4) is 0 Å². The minimum absolute atomic E-state index is 0.0731. The van der Waals surface area contributed by atoms with Crippen molar-refractivity contribution in [1.29, 1.82) is 0 Å². The number of aryl methyl sites for hydroxylation is 1. The van der Waals surface area contributed by atoms with E-state index in [1.54, 1.807) is 11.2 Å². The summed E-state index contributed by atoms with van der Waals surface area (Å²) in [6.45, 7) is 6.87. The Morgan fingerprint density at radius 1 is 1.22 bits per heavy atom. The SMILES string of the molecule is CCCN1C[C@H]2CC[C@@H]1CN(S(=O)(=O)c1ccc(C)c(F)c1)C2. The van der Waals surface area contributed by atoms with Gasteiger partial charge in [0.25, 0.3) is 0 Å². The first-order valence-corrected chi connectivity index (χ1v) is 9.86. The molecule has 6 heteroatoms. The Bertz CT molecular complexity index is 677. The predicted molar refractivity (Wildman–Crippen MR) is 88.3 cm³/mol. The van der Waals surface area contributed by atoms with Crippen LogP contribution < -0.4 is 0 Å². The number of halogens is 1. The molecular weight excluding hydrogens is 315 g/mol. The second-order valence-corrected chi connectivity index (χ2v) is 8.76. The molecule has 0 N–H and O–H groups in total. The zero-order valence-corrected chi connectivity index (χ0v) is 14.7. The fourth-order valence-corrected chi connectivity index (χ4v) is 5.34. The summed E-state index contributed by atoms with van der Waals surface area (Å²) >= 11 is 0. The second kappa shape index (κ2) is 6.49. The highest BCUT2D eigenvalue weighted by Crippen LogP contribution is 2.31. The molecule has 1 aromatic carbocycles. The van der Waals surface area contributed by atoms with Crippen LogP contribution in [0, 0.1) is 18.7 Å². The van der Waals surface area contributed by atoms with Gasteiger partial charge in [-0.05, 0) is 56.3 Å². The minimum atomic E-state index is -3.62. The molecule has 0 unspecified atom stereocenters. The van der Waals surface area contributed by atoms with Gasteiger partial charge in [-0.25, -0.2) is 12.8 Å². The molecule has 0 radical (unpaired) electrons. The molecule has 2 bridgehead atoms. The summed E-state index contributed by atoms with van der Waals surface area (Å²) < 4.78 is 41.2. The van der Waals surface area contributed by atoms with Gasteiger partial charge in [-0.3, -0.25) is 4.90 Å². The largest absolute Gasteiger partial charge is 0.299 e. The Balaban J connectivity index is 1.87. The molecule has 3 aliphatic heterocycles. The van der Waals surface area contributed by atoms with Gasteiger partial charge in [-0.15, -0.1) is 0 Å². The highest BCUT2D eigenvalue weighted by atomic mass is 32.2. The molecule has 3 heterocycles. The maximum Gasteiger partial charge on any atom is 0.243 e. The van der Waals surface area contributed by atoms with Gasteiger partial charge < -0.3 is 0 Å².